The molecule has 7 heteroatoms. The maximum atomic E-state index is 12.8. The quantitative estimate of drug-likeness (QED) is 0.815. The average Bonchev–Trinajstić information content (AvgIpc) is 2.86. The zero-order chi connectivity index (χ0) is 19.6. The lowest BCUT2D eigenvalue weighted by Crippen LogP contribution is -2.42. The van der Waals surface area contributed by atoms with Gasteiger partial charge in [0.2, 0.25) is 5.91 Å². The van der Waals surface area contributed by atoms with Gasteiger partial charge in [-0.25, -0.2) is 4.79 Å². The Hall–Kier alpha value is -3.66. The van der Waals surface area contributed by atoms with E-state index in [1.165, 1.54) is 0 Å². The van der Waals surface area contributed by atoms with Crippen LogP contribution in [0.3, 0.4) is 0 Å². The van der Waals surface area contributed by atoms with Crippen molar-refractivity contribution in [1.82, 2.24) is 10.2 Å². The van der Waals surface area contributed by atoms with Gasteiger partial charge in [-0.15, -0.1) is 0 Å². The number of nitrogens with zero attached hydrogens (tertiary/aromatic N) is 2. The van der Waals surface area contributed by atoms with Crippen LogP contribution in [0.1, 0.15) is 23.6 Å². The molecule has 3 rings (SSSR count). The summed E-state index contributed by atoms with van der Waals surface area (Å²) >= 11 is 0. The van der Waals surface area contributed by atoms with Gasteiger partial charge in [-0.3, -0.25) is 14.5 Å². The van der Waals surface area contributed by atoms with Crippen molar-refractivity contribution < 1.29 is 14.4 Å². The molecule has 2 N–H and O–H groups in total. The Morgan fingerprint density at radius 2 is 1.85 bits per heavy atom. The van der Waals surface area contributed by atoms with Gasteiger partial charge in [-0.05, 0) is 31.5 Å². The SMILES string of the molecule is Cc1ccc([C@@]2(C)NC(=O)N(CC(=O)Nc3ccccc3C#N)C2=O)cc1. The van der Waals surface area contributed by atoms with Crippen LogP contribution in [0.2, 0.25) is 0 Å². The highest BCUT2D eigenvalue weighted by Crippen LogP contribution is 2.29. The largest absolute Gasteiger partial charge is 0.325 e. The molecule has 0 unspecified atom stereocenters. The summed E-state index contributed by atoms with van der Waals surface area (Å²) in [7, 11) is 0. The van der Waals surface area contributed by atoms with Crippen molar-refractivity contribution in [3.05, 3.63) is 65.2 Å². The first-order valence-corrected chi connectivity index (χ1v) is 8.35. The molecular weight excluding hydrogens is 344 g/mol. The van der Waals surface area contributed by atoms with Crippen molar-refractivity contribution in [2.75, 3.05) is 11.9 Å². The predicted molar refractivity (Wildman–Crippen MR) is 98.6 cm³/mol. The highest BCUT2D eigenvalue weighted by Gasteiger charge is 2.49. The molecule has 1 aliphatic rings. The van der Waals surface area contributed by atoms with Gasteiger partial charge in [0.25, 0.3) is 5.91 Å². The van der Waals surface area contributed by atoms with Crippen molar-refractivity contribution >= 4 is 23.5 Å². The average molecular weight is 362 g/mol. The molecule has 1 saturated heterocycles. The molecule has 1 atom stereocenters. The lowest BCUT2D eigenvalue weighted by Gasteiger charge is -2.22. The molecule has 27 heavy (non-hydrogen) atoms. The number of aryl methyl sites for hydroxylation is 1. The van der Waals surface area contributed by atoms with Crippen LogP contribution < -0.4 is 10.6 Å². The molecule has 0 spiro atoms. The van der Waals surface area contributed by atoms with Crippen LogP contribution in [-0.2, 0) is 15.1 Å². The number of carbonyl (C=O) groups is 3. The zero-order valence-corrected chi connectivity index (χ0v) is 14.9. The molecule has 2 aromatic carbocycles. The predicted octanol–water partition coefficient (Wildman–Crippen LogP) is 2.27. The third kappa shape index (κ3) is 3.37. The second-order valence-corrected chi connectivity index (χ2v) is 6.52. The third-order valence-electron chi connectivity index (χ3n) is 4.53. The van der Waals surface area contributed by atoms with E-state index in [0.717, 1.165) is 10.5 Å². The molecule has 1 fully saturated rings. The third-order valence-corrected chi connectivity index (χ3v) is 4.53. The van der Waals surface area contributed by atoms with E-state index in [9.17, 15) is 14.4 Å². The lowest BCUT2D eigenvalue weighted by molar-refractivity contribution is -0.133. The van der Waals surface area contributed by atoms with Gasteiger partial charge < -0.3 is 10.6 Å². The van der Waals surface area contributed by atoms with Gasteiger partial charge in [-0.1, -0.05) is 42.0 Å². The maximum absolute atomic E-state index is 12.8. The van der Waals surface area contributed by atoms with Gasteiger partial charge in [-0.2, -0.15) is 5.26 Å². The Morgan fingerprint density at radius 1 is 1.19 bits per heavy atom. The Morgan fingerprint density at radius 3 is 2.52 bits per heavy atom. The number of imide groups is 1. The fourth-order valence-electron chi connectivity index (χ4n) is 2.95. The summed E-state index contributed by atoms with van der Waals surface area (Å²) in [5.41, 5.74) is 1.08. The summed E-state index contributed by atoms with van der Waals surface area (Å²) in [6, 6.07) is 15.1. The second-order valence-electron chi connectivity index (χ2n) is 6.52. The molecular formula is C20H18N4O3. The highest BCUT2D eigenvalue weighted by molar-refractivity contribution is 6.10. The van der Waals surface area contributed by atoms with E-state index in [4.69, 9.17) is 5.26 Å². The van der Waals surface area contributed by atoms with Gasteiger partial charge >= 0.3 is 6.03 Å². The van der Waals surface area contributed by atoms with E-state index >= 15 is 0 Å². The van der Waals surface area contributed by atoms with Crippen molar-refractivity contribution in [2.24, 2.45) is 0 Å². The number of nitriles is 1. The van der Waals surface area contributed by atoms with Gasteiger partial charge in [0.1, 0.15) is 18.2 Å². The van der Waals surface area contributed by atoms with E-state index in [2.05, 4.69) is 10.6 Å². The Labute approximate surface area is 156 Å². The molecule has 0 saturated carbocycles. The Kier molecular flexibility index (Phi) is 4.65. The highest BCUT2D eigenvalue weighted by atomic mass is 16.2. The summed E-state index contributed by atoms with van der Waals surface area (Å²) < 4.78 is 0. The summed E-state index contributed by atoms with van der Waals surface area (Å²) in [5, 5.41) is 14.3. The normalized spacial score (nSPS) is 18.8. The molecule has 1 heterocycles. The number of para-hydroxylation sites is 1. The molecule has 0 aliphatic carbocycles. The number of carbonyl (C=O) groups excluding carboxylic acids is 3. The number of benzene rings is 2. The van der Waals surface area contributed by atoms with Crippen LogP contribution >= 0.6 is 0 Å². The molecule has 4 amide bonds. The smallest absolute Gasteiger partial charge is 0.323 e. The van der Waals surface area contributed by atoms with E-state index < -0.39 is 29.9 Å². The number of anilines is 1. The van der Waals surface area contributed by atoms with Crippen molar-refractivity contribution in [1.29, 1.82) is 5.26 Å². The van der Waals surface area contributed by atoms with Gasteiger partial charge in [0.05, 0.1) is 11.3 Å². The first-order chi connectivity index (χ1) is 12.8. The van der Waals surface area contributed by atoms with Crippen LogP contribution in [0, 0.1) is 18.3 Å². The van der Waals surface area contributed by atoms with E-state index in [0.29, 0.717) is 16.8 Å². The van der Waals surface area contributed by atoms with Crippen LogP contribution in [0.5, 0.6) is 0 Å². The van der Waals surface area contributed by atoms with Crippen molar-refractivity contribution in [2.45, 2.75) is 19.4 Å². The molecule has 2 aromatic rings. The van der Waals surface area contributed by atoms with E-state index in [-0.39, 0.29) is 0 Å². The number of hydrogen-bond acceptors (Lipinski definition) is 4. The molecule has 0 bridgehead atoms. The molecule has 136 valence electrons. The molecule has 0 aromatic heterocycles. The van der Waals surface area contributed by atoms with Crippen molar-refractivity contribution in [3.8, 4) is 6.07 Å². The van der Waals surface area contributed by atoms with Crippen LogP contribution in [0.25, 0.3) is 0 Å². The fraction of sp³-hybridized carbons (Fsp3) is 0.200. The zero-order valence-electron chi connectivity index (χ0n) is 14.9. The summed E-state index contributed by atoms with van der Waals surface area (Å²) in [4.78, 5) is 38.4. The molecule has 0 radical (unpaired) electrons. The van der Waals surface area contributed by atoms with Crippen molar-refractivity contribution in [3.63, 3.8) is 0 Å². The minimum Gasteiger partial charge on any atom is -0.323 e. The summed E-state index contributed by atoms with van der Waals surface area (Å²) in [6.07, 6.45) is 0. The van der Waals surface area contributed by atoms with Crippen LogP contribution in [0.4, 0.5) is 10.5 Å². The maximum Gasteiger partial charge on any atom is 0.325 e. The van der Waals surface area contributed by atoms with Gasteiger partial charge in [0.15, 0.2) is 0 Å². The molecule has 1 aliphatic heterocycles. The fourth-order valence-corrected chi connectivity index (χ4v) is 2.95. The first-order valence-electron chi connectivity index (χ1n) is 8.35. The lowest BCUT2D eigenvalue weighted by atomic mass is 9.91. The van der Waals surface area contributed by atoms with Crippen LogP contribution in [-0.4, -0.2) is 29.3 Å². The first kappa shape index (κ1) is 18.1. The van der Waals surface area contributed by atoms with Gasteiger partial charge in [0, 0.05) is 0 Å². The van der Waals surface area contributed by atoms with Crippen LogP contribution in [0.15, 0.2) is 48.5 Å². The minimum atomic E-state index is -1.23. The standard InChI is InChI=1S/C20H18N4O3/c1-13-7-9-15(10-8-13)20(2)18(26)24(19(27)23-20)12-17(25)22-16-6-4-3-5-14(16)11-21/h3-10H,12H2,1-2H3,(H,22,25)(H,23,27)/t20-/m1/s1. The number of rotatable bonds is 4. The minimum absolute atomic E-state index is 0.299. The molecule has 7 nitrogen and oxygen atoms in total. The number of urea groups is 1. The van der Waals surface area contributed by atoms with E-state index in [1.807, 2.05) is 25.1 Å². The van der Waals surface area contributed by atoms with E-state index in [1.54, 1.807) is 43.3 Å². The Bertz CT molecular complexity index is 962. The Balaban J connectivity index is 1.77. The summed E-state index contributed by atoms with van der Waals surface area (Å²) in [6.45, 7) is 3.10. The second kappa shape index (κ2) is 6.92. The number of hydrogen-bond donors (Lipinski definition) is 2. The number of nitrogens with one attached hydrogen (secondary N) is 2. The summed E-state index contributed by atoms with van der Waals surface area (Å²) in [5.74, 6) is -1.06. The monoisotopic (exact) mass is 362 g/mol. The topological polar surface area (TPSA) is 102 Å². The number of amides is 4.